The highest BCUT2D eigenvalue weighted by molar-refractivity contribution is 5.90. The number of phenols is 1. The number of aromatic hydroxyl groups is 1. The van der Waals surface area contributed by atoms with Crippen molar-refractivity contribution >= 4 is 16.8 Å². The Morgan fingerprint density at radius 3 is 3.06 bits per heavy atom. The van der Waals surface area contributed by atoms with Gasteiger partial charge in [0.05, 0.1) is 5.52 Å². The average Bonchev–Trinajstić information content (AvgIpc) is 2.70. The van der Waals surface area contributed by atoms with Gasteiger partial charge in [-0.2, -0.15) is 0 Å². The van der Waals surface area contributed by atoms with Crippen molar-refractivity contribution < 1.29 is 9.90 Å². The van der Waals surface area contributed by atoms with E-state index in [1.165, 1.54) is 6.08 Å². The molecule has 1 amide bonds. The molecule has 0 aliphatic rings. The summed E-state index contributed by atoms with van der Waals surface area (Å²) in [7, 11) is 0. The van der Waals surface area contributed by atoms with Gasteiger partial charge in [-0.1, -0.05) is 12.6 Å². The molecule has 4 nitrogen and oxygen atoms in total. The average molecular weight is 230 g/mol. The molecule has 0 unspecified atom stereocenters. The van der Waals surface area contributed by atoms with E-state index in [0.29, 0.717) is 6.54 Å². The molecule has 3 N–H and O–H groups in total. The van der Waals surface area contributed by atoms with Crippen molar-refractivity contribution in [3.8, 4) is 5.75 Å². The number of nitrogens with one attached hydrogen (secondary N) is 2. The summed E-state index contributed by atoms with van der Waals surface area (Å²) in [5.41, 5.74) is 2.76. The molecular formula is C13H14N2O2. The highest BCUT2D eigenvalue weighted by Gasteiger charge is 2.08. The second-order valence-electron chi connectivity index (χ2n) is 3.91. The number of aromatic nitrogens is 1. The maximum atomic E-state index is 11.1. The largest absolute Gasteiger partial charge is 0.507 e. The zero-order chi connectivity index (χ0) is 12.4. The fourth-order valence-corrected chi connectivity index (χ4v) is 1.80. The summed E-state index contributed by atoms with van der Waals surface area (Å²) in [6, 6.07) is 5.30. The van der Waals surface area contributed by atoms with Gasteiger partial charge in [0, 0.05) is 17.6 Å². The van der Waals surface area contributed by atoms with Gasteiger partial charge in [-0.3, -0.25) is 4.79 Å². The van der Waals surface area contributed by atoms with Crippen LogP contribution in [0.4, 0.5) is 0 Å². The second kappa shape index (κ2) is 4.33. The Kier molecular flexibility index (Phi) is 2.87. The van der Waals surface area contributed by atoms with E-state index in [9.17, 15) is 9.90 Å². The Morgan fingerprint density at radius 2 is 2.35 bits per heavy atom. The lowest BCUT2D eigenvalue weighted by Crippen LogP contribution is -2.20. The van der Waals surface area contributed by atoms with Crippen LogP contribution in [0.3, 0.4) is 0 Å². The zero-order valence-electron chi connectivity index (χ0n) is 9.58. The van der Waals surface area contributed by atoms with Gasteiger partial charge in [0.15, 0.2) is 0 Å². The number of carbonyl (C=O) groups excluding carboxylic acids is 1. The fourth-order valence-electron chi connectivity index (χ4n) is 1.80. The quantitative estimate of drug-likeness (QED) is 0.706. The summed E-state index contributed by atoms with van der Waals surface area (Å²) in [6.45, 7) is 5.72. The van der Waals surface area contributed by atoms with Crippen LogP contribution >= 0.6 is 0 Å². The number of aromatic amines is 1. The van der Waals surface area contributed by atoms with Crippen molar-refractivity contribution in [2.75, 3.05) is 0 Å². The number of benzene rings is 1. The van der Waals surface area contributed by atoms with E-state index in [2.05, 4.69) is 16.9 Å². The first-order chi connectivity index (χ1) is 8.11. The summed E-state index contributed by atoms with van der Waals surface area (Å²) in [5.74, 6) is 0.0256. The van der Waals surface area contributed by atoms with E-state index in [0.717, 1.165) is 22.2 Å². The van der Waals surface area contributed by atoms with Crippen LogP contribution in [0, 0.1) is 6.92 Å². The number of fused-ring (bicyclic) bond motifs is 1. The minimum atomic E-state index is -0.213. The molecule has 88 valence electrons. The molecule has 1 aromatic carbocycles. The molecule has 1 aromatic heterocycles. The van der Waals surface area contributed by atoms with Crippen molar-refractivity contribution in [3.63, 3.8) is 0 Å². The number of carbonyl (C=O) groups is 1. The molecule has 4 heteroatoms. The molecule has 0 bridgehead atoms. The van der Waals surface area contributed by atoms with Crippen molar-refractivity contribution in [2.45, 2.75) is 13.5 Å². The van der Waals surface area contributed by atoms with Gasteiger partial charge in [-0.15, -0.1) is 0 Å². The van der Waals surface area contributed by atoms with Crippen molar-refractivity contribution in [1.29, 1.82) is 0 Å². The second-order valence-corrected chi connectivity index (χ2v) is 3.91. The maximum Gasteiger partial charge on any atom is 0.243 e. The van der Waals surface area contributed by atoms with Crippen LogP contribution in [0.1, 0.15) is 11.3 Å². The number of aryl methyl sites for hydroxylation is 1. The lowest BCUT2D eigenvalue weighted by atomic mass is 10.1. The molecule has 2 aromatic rings. The van der Waals surface area contributed by atoms with Crippen LogP contribution in [0.15, 0.2) is 30.9 Å². The lowest BCUT2D eigenvalue weighted by molar-refractivity contribution is -0.116. The summed E-state index contributed by atoms with van der Waals surface area (Å²) in [6.07, 6.45) is 1.23. The number of hydrogen-bond acceptors (Lipinski definition) is 2. The Balaban J connectivity index is 2.37. The Bertz CT molecular complexity index is 584. The van der Waals surface area contributed by atoms with Crippen LogP contribution in [0.25, 0.3) is 10.9 Å². The number of amides is 1. The van der Waals surface area contributed by atoms with Gasteiger partial charge < -0.3 is 15.4 Å². The molecule has 1 heterocycles. The van der Waals surface area contributed by atoms with E-state index < -0.39 is 0 Å². The van der Waals surface area contributed by atoms with Crippen LogP contribution < -0.4 is 5.32 Å². The Hall–Kier alpha value is -2.23. The monoisotopic (exact) mass is 230 g/mol. The van der Waals surface area contributed by atoms with E-state index in [-0.39, 0.29) is 11.7 Å². The van der Waals surface area contributed by atoms with Crippen LogP contribution in [0.2, 0.25) is 0 Å². The molecule has 0 spiro atoms. The first-order valence-corrected chi connectivity index (χ1v) is 5.32. The van der Waals surface area contributed by atoms with E-state index in [1.807, 2.05) is 13.0 Å². The Morgan fingerprint density at radius 1 is 1.59 bits per heavy atom. The first-order valence-electron chi connectivity index (χ1n) is 5.32. The van der Waals surface area contributed by atoms with Crippen molar-refractivity contribution in [3.05, 3.63) is 42.1 Å². The maximum absolute atomic E-state index is 11.1. The third kappa shape index (κ3) is 2.15. The zero-order valence-corrected chi connectivity index (χ0v) is 9.58. The summed E-state index contributed by atoms with van der Waals surface area (Å²) >= 11 is 0. The molecule has 0 aliphatic carbocycles. The van der Waals surface area contributed by atoms with Gasteiger partial charge in [0.1, 0.15) is 5.75 Å². The van der Waals surface area contributed by atoms with Crippen LogP contribution in [-0.4, -0.2) is 16.0 Å². The predicted octanol–water partition coefficient (Wildman–Crippen LogP) is 1.98. The van der Waals surface area contributed by atoms with Crippen LogP contribution in [-0.2, 0) is 11.3 Å². The molecule has 0 atom stereocenters. The van der Waals surface area contributed by atoms with E-state index in [4.69, 9.17) is 0 Å². The highest BCUT2D eigenvalue weighted by Crippen LogP contribution is 2.27. The standard InChI is InChI=1S/C13H14N2O2/c1-3-12(17)14-7-9-4-5-11(16)10-6-8(2)15-13(9)10/h3-6,15-16H,1,7H2,2H3,(H,14,17). The van der Waals surface area contributed by atoms with Crippen molar-refractivity contribution in [2.24, 2.45) is 0 Å². The lowest BCUT2D eigenvalue weighted by Gasteiger charge is -2.05. The van der Waals surface area contributed by atoms with Crippen LogP contribution in [0.5, 0.6) is 5.75 Å². The first kappa shape index (κ1) is 11.3. The number of H-pyrrole nitrogens is 1. The van der Waals surface area contributed by atoms with E-state index in [1.54, 1.807) is 12.1 Å². The van der Waals surface area contributed by atoms with Gasteiger partial charge >= 0.3 is 0 Å². The molecule has 17 heavy (non-hydrogen) atoms. The highest BCUT2D eigenvalue weighted by atomic mass is 16.3. The number of rotatable bonds is 3. The molecular weight excluding hydrogens is 216 g/mol. The Labute approximate surface area is 99.0 Å². The molecule has 2 rings (SSSR count). The van der Waals surface area contributed by atoms with Gasteiger partial charge in [-0.25, -0.2) is 0 Å². The topological polar surface area (TPSA) is 65.1 Å². The van der Waals surface area contributed by atoms with Gasteiger partial charge in [-0.05, 0) is 30.7 Å². The summed E-state index contributed by atoms with van der Waals surface area (Å²) in [4.78, 5) is 14.3. The smallest absolute Gasteiger partial charge is 0.243 e. The fraction of sp³-hybridized carbons (Fsp3) is 0.154. The summed E-state index contributed by atoms with van der Waals surface area (Å²) in [5, 5.41) is 13.2. The minimum Gasteiger partial charge on any atom is -0.507 e. The molecule has 0 aliphatic heterocycles. The normalized spacial score (nSPS) is 10.4. The molecule has 0 saturated carbocycles. The number of hydrogen-bond donors (Lipinski definition) is 3. The molecule has 0 saturated heterocycles. The number of phenolic OH excluding ortho intramolecular Hbond substituents is 1. The third-order valence-electron chi connectivity index (χ3n) is 2.63. The SMILES string of the molecule is C=CC(=O)NCc1ccc(O)c2cc(C)[nH]c12. The van der Waals surface area contributed by atoms with Gasteiger partial charge in [0.2, 0.25) is 5.91 Å². The predicted molar refractivity (Wildman–Crippen MR) is 66.7 cm³/mol. The van der Waals surface area contributed by atoms with Gasteiger partial charge in [0.25, 0.3) is 0 Å². The summed E-state index contributed by atoms with van der Waals surface area (Å²) < 4.78 is 0. The molecule has 0 radical (unpaired) electrons. The molecule has 0 fully saturated rings. The van der Waals surface area contributed by atoms with E-state index >= 15 is 0 Å². The third-order valence-corrected chi connectivity index (χ3v) is 2.63. The minimum absolute atomic E-state index is 0.213. The van der Waals surface area contributed by atoms with Crippen molar-refractivity contribution in [1.82, 2.24) is 10.3 Å².